The van der Waals surface area contributed by atoms with Crippen molar-refractivity contribution in [1.82, 2.24) is 19.4 Å². The van der Waals surface area contributed by atoms with Gasteiger partial charge >= 0.3 is 0 Å². The molecule has 1 atom stereocenters. The van der Waals surface area contributed by atoms with Gasteiger partial charge in [0.25, 0.3) is 0 Å². The number of rotatable bonds is 4. The van der Waals surface area contributed by atoms with Crippen molar-refractivity contribution in [1.29, 1.82) is 0 Å². The van der Waals surface area contributed by atoms with Gasteiger partial charge in [-0.05, 0) is 33.7 Å². The van der Waals surface area contributed by atoms with Crippen molar-refractivity contribution in [3.8, 4) is 0 Å². The zero-order valence-corrected chi connectivity index (χ0v) is 14.4. The average molecular weight is 320 g/mol. The minimum Gasteiger partial charge on any atom is -0.393 e. The summed E-state index contributed by atoms with van der Waals surface area (Å²) >= 11 is 0. The number of aliphatic hydroxyl groups excluding tert-OH is 1. The van der Waals surface area contributed by atoms with Crippen molar-refractivity contribution >= 4 is 5.91 Å². The summed E-state index contributed by atoms with van der Waals surface area (Å²) in [4.78, 5) is 21.5. The summed E-state index contributed by atoms with van der Waals surface area (Å²) in [5.41, 5.74) is 0. The number of hydrogen-bond donors (Lipinski definition) is 1. The molecule has 128 valence electrons. The maximum Gasteiger partial charge on any atom is 0.226 e. The molecule has 23 heavy (non-hydrogen) atoms. The van der Waals surface area contributed by atoms with Crippen molar-refractivity contribution in [2.24, 2.45) is 11.8 Å². The van der Waals surface area contributed by atoms with Crippen LogP contribution >= 0.6 is 0 Å². The fraction of sp³-hybridized carbons (Fsp3) is 0.765. The zero-order chi connectivity index (χ0) is 16.6. The first kappa shape index (κ1) is 16.5. The Morgan fingerprint density at radius 1 is 1.43 bits per heavy atom. The molecule has 1 unspecified atom stereocenters. The van der Waals surface area contributed by atoms with E-state index in [9.17, 15) is 9.90 Å². The van der Waals surface area contributed by atoms with E-state index in [0.29, 0.717) is 31.3 Å². The number of carbonyl (C=O) groups excluding carboxylic acids is 1. The quantitative estimate of drug-likeness (QED) is 0.897. The van der Waals surface area contributed by atoms with Crippen LogP contribution in [0.4, 0.5) is 0 Å². The van der Waals surface area contributed by atoms with Crippen molar-refractivity contribution in [3.63, 3.8) is 0 Å². The summed E-state index contributed by atoms with van der Waals surface area (Å²) < 4.78 is 2.18. The lowest BCUT2D eigenvalue weighted by Crippen LogP contribution is -2.46. The maximum atomic E-state index is 12.7. The average Bonchev–Trinajstić information content (AvgIpc) is 2.82. The van der Waals surface area contributed by atoms with Crippen molar-refractivity contribution in [2.45, 2.75) is 51.9 Å². The lowest BCUT2D eigenvalue weighted by atomic mass is 9.81. The Morgan fingerprint density at radius 2 is 2.17 bits per heavy atom. The van der Waals surface area contributed by atoms with Crippen LogP contribution in [0.2, 0.25) is 0 Å². The molecule has 1 aliphatic heterocycles. The molecule has 1 amide bonds. The molecular weight excluding hydrogens is 292 g/mol. The SMILES string of the molecule is CC(C)N(C)CC1CN(C(=O)C2CC(O)C2)Cc2nccn2C1. The molecule has 0 saturated heterocycles. The lowest BCUT2D eigenvalue weighted by Gasteiger charge is -2.35. The van der Waals surface area contributed by atoms with Gasteiger partial charge in [0.1, 0.15) is 5.82 Å². The topological polar surface area (TPSA) is 61.6 Å². The van der Waals surface area contributed by atoms with Gasteiger partial charge in [0.15, 0.2) is 0 Å². The second-order valence-electron chi connectivity index (χ2n) is 7.44. The smallest absolute Gasteiger partial charge is 0.226 e. The Morgan fingerprint density at radius 3 is 2.83 bits per heavy atom. The van der Waals surface area contributed by atoms with Crippen molar-refractivity contribution < 1.29 is 9.90 Å². The van der Waals surface area contributed by atoms with Gasteiger partial charge in [-0.25, -0.2) is 4.98 Å². The highest BCUT2D eigenvalue weighted by Crippen LogP contribution is 2.30. The molecule has 1 aliphatic carbocycles. The van der Waals surface area contributed by atoms with Gasteiger partial charge < -0.3 is 19.5 Å². The van der Waals surface area contributed by atoms with Crippen molar-refractivity contribution in [2.75, 3.05) is 20.1 Å². The normalized spacial score (nSPS) is 27.7. The maximum absolute atomic E-state index is 12.7. The molecule has 6 nitrogen and oxygen atoms in total. The van der Waals surface area contributed by atoms with Crippen molar-refractivity contribution in [3.05, 3.63) is 18.2 Å². The van der Waals surface area contributed by atoms with E-state index in [1.165, 1.54) is 0 Å². The van der Waals surface area contributed by atoms with Gasteiger partial charge in [-0.15, -0.1) is 0 Å². The fourth-order valence-electron chi connectivity index (χ4n) is 3.49. The molecule has 1 aromatic heterocycles. The molecule has 1 aromatic rings. The standard InChI is InChI=1S/C17H28N4O2/c1-12(2)19(3)8-13-9-20-5-4-18-16(20)11-21(10-13)17(23)14-6-15(22)7-14/h4-5,12-15,22H,6-11H2,1-3H3. The highest BCUT2D eigenvalue weighted by molar-refractivity contribution is 5.79. The van der Waals surface area contributed by atoms with Crippen LogP contribution in [0, 0.1) is 11.8 Å². The van der Waals surface area contributed by atoms with E-state index in [-0.39, 0.29) is 17.9 Å². The highest BCUT2D eigenvalue weighted by atomic mass is 16.3. The van der Waals surface area contributed by atoms with Crippen LogP contribution in [-0.4, -0.2) is 62.6 Å². The van der Waals surface area contributed by atoms with Crippen LogP contribution in [0.25, 0.3) is 0 Å². The minimum absolute atomic E-state index is 0.00464. The highest BCUT2D eigenvalue weighted by Gasteiger charge is 2.37. The second-order valence-corrected chi connectivity index (χ2v) is 7.44. The molecule has 1 saturated carbocycles. The molecule has 1 N–H and O–H groups in total. The van der Waals surface area contributed by atoms with Crippen LogP contribution in [0.3, 0.4) is 0 Å². The monoisotopic (exact) mass is 320 g/mol. The summed E-state index contributed by atoms with van der Waals surface area (Å²) in [6.07, 6.45) is 4.76. The van der Waals surface area contributed by atoms with Gasteiger partial charge in [0.2, 0.25) is 5.91 Å². The van der Waals surface area contributed by atoms with E-state index < -0.39 is 0 Å². The molecule has 0 radical (unpaired) electrons. The molecule has 2 aliphatic rings. The van der Waals surface area contributed by atoms with E-state index in [1.54, 1.807) is 0 Å². The number of nitrogens with zero attached hydrogens (tertiary/aromatic N) is 4. The molecule has 6 heteroatoms. The van der Waals surface area contributed by atoms with Crippen LogP contribution in [0.15, 0.2) is 12.4 Å². The lowest BCUT2D eigenvalue weighted by molar-refractivity contribution is -0.143. The molecule has 2 heterocycles. The third-order valence-corrected chi connectivity index (χ3v) is 5.27. The van der Waals surface area contributed by atoms with E-state index in [1.807, 2.05) is 17.3 Å². The Hall–Kier alpha value is -1.40. The van der Waals surface area contributed by atoms with Crippen LogP contribution < -0.4 is 0 Å². The van der Waals surface area contributed by atoms with Crippen LogP contribution in [-0.2, 0) is 17.9 Å². The Labute approximate surface area is 138 Å². The number of amides is 1. The Balaban J connectivity index is 1.73. The summed E-state index contributed by atoms with van der Waals surface area (Å²) in [5, 5.41) is 9.48. The largest absolute Gasteiger partial charge is 0.393 e. The first-order valence-corrected chi connectivity index (χ1v) is 8.61. The molecule has 0 aromatic carbocycles. The Kier molecular flexibility index (Phi) is 4.73. The summed E-state index contributed by atoms with van der Waals surface area (Å²) in [5.74, 6) is 1.54. The molecular formula is C17H28N4O2. The number of aliphatic hydroxyl groups is 1. The molecule has 1 fully saturated rings. The number of imidazole rings is 1. The zero-order valence-electron chi connectivity index (χ0n) is 14.4. The number of aromatic nitrogens is 2. The number of carbonyl (C=O) groups is 1. The molecule has 0 spiro atoms. The minimum atomic E-state index is -0.291. The summed E-state index contributed by atoms with van der Waals surface area (Å²) in [7, 11) is 2.14. The van der Waals surface area contributed by atoms with E-state index in [2.05, 4.69) is 35.3 Å². The van der Waals surface area contributed by atoms with E-state index in [4.69, 9.17) is 0 Å². The van der Waals surface area contributed by atoms with Crippen LogP contribution in [0.5, 0.6) is 0 Å². The van der Waals surface area contributed by atoms with Gasteiger partial charge in [0.05, 0.1) is 12.6 Å². The molecule has 3 rings (SSSR count). The first-order chi connectivity index (χ1) is 10.9. The van der Waals surface area contributed by atoms with E-state index >= 15 is 0 Å². The number of fused-ring (bicyclic) bond motifs is 1. The number of hydrogen-bond acceptors (Lipinski definition) is 4. The molecule has 0 bridgehead atoms. The van der Waals surface area contributed by atoms with Gasteiger partial charge in [-0.2, -0.15) is 0 Å². The van der Waals surface area contributed by atoms with Gasteiger partial charge in [-0.1, -0.05) is 0 Å². The van der Waals surface area contributed by atoms with E-state index in [0.717, 1.165) is 25.5 Å². The van der Waals surface area contributed by atoms with Gasteiger partial charge in [0, 0.05) is 49.9 Å². The third-order valence-electron chi connectivity index (χ3n) is 5.27. The summed E-state index contributed by atoms with van der Waals surface area (Å²) in [6.45, 7) is 7.61. The predicted octanol–water partition coefficient (Wildman–Crippen LogP) is 0.953. The van der Waals surface area contributed by atoms with Gasteiger partial charge in [-0.3, -0.25) is 4.79 Å². The van der Waals surface area contributed by atoms with Crippen LogP contribution in [0.1, 0.15) is 32.5 Å². The predicted molar refractivity (Wildman–Crippen MR) is 87.6 cm³/mol. The third kappa shape index (κ3) is 3.58. The Bertz CT molecular complexity index is 551. The second kappa shape index (κ2) is 6.61. The fourth-order valence-corrected chi connectivity index (χ4v) is 3.49. The first-order valence-electron chi connectivity index (χ1n) is 8.61. The summed E-state index contributed by atoms with van der Waals surface area (Å²) in [6, 6.07) is 0.492.